The number of ether oxygens (including phenoxy) is 1. The van der Waals surface area contributed by atoms with Gasteiger partial charge in [0.25, 0.3) is 5.91 Å². The fourth-order valence-electron chi connectivity index (χ4n) is 1.96. The zero-order valence-corrected chi connectivity index (χ0v) is 13.8. The van der Waals surface area contributed by atoms with Crippen molar-refractivity contribution in [1.82, 2.24) is 10.6 Å². The Morgan fingerprint density at radius 3 is 2.50 bits per heavy atom. The van der Waals surface area contributed by atoms with Crippen molar-refractivity contribution in [3.8, 4) is 6.07 Å². The lowest BCUT2D eigenvalue weighted by molar-refractivity contribution is -0.152. The number of nitrogens with zero attached hydrogens (tertiary/aromatic N) is 1. The van der Waals surface area contributed by atoms with Gasteiger partial charge in [0.2, 0.25) is 6.10 Å². The van der Waals surface area contributed by atoms with Gasteiger partial charge in [-0.15, -0.1) is 0 Å². The van der Waals surface area contributed by atoms with Crippen molar-refractivity contribution < 1.29 is 23.5 Å². The number of carbonyl (C=O) groups is 3. The monoisotopic (exact) mass is 353 g/mol. The molecule has 0 aliphatic rings. The molecule has 2 aromatic rings. The van der Waals surface area contributed by atoms with Crippen molar-refractivity contribution in [1.29, 1.82) is 5.26 Å². The molecule has 132 valence electrons. The first kappa shape index (κ1) is 18.5. The first-order chi connectivity index (χ1) is 12.5. The number of hydrogen-bond acceptors (Lipinski definition) is 6. The summed E-state index contributed by atoms with van der Waals surface area (Å²) in [5.74, 6) is -1.59. The second kappa shape index (κ2) is 8.84. The van der Waals surface area contributed by atoms with Crippen LogP contribution in [0.15, 0.2) is 58.7 Å². The van der Waals surface area contributed by atoms with Gasteiger partial charge in [0.15, 0.2) is 0 Å². The molecule has 1 aromatic carbocycles. The molecule has 26 heavy (non-hydrogen) atoms. The van der Waals surface area contributed by atoms with Crippen LogP contribution in [-0.2, 0) is 14.3 Å². The van der Waals surface area contributed by atoms with Crippen LogP contribution in [0, 0.1) is 11.3 Å². The van der Waals surface area contributed by atoms with Gasteiger partial charge in [-0.3, -0.25) is 10.1 Å². The predicted molar refractivity (Wildman–Crippen MR) is 90.2 cm³/mol. The van der Waals surface area contributed by atoms with Crippen molar-refractivity contribution in [2.75, 3.05) is 7.05 Å². The molecule has 0 saturated heterocycles. The van der Waals surface area contributed by atoms with E-state index in [4.69, 9.17) is 9.15 Å². The highest BCUT2D eigenvalue weighted by atomic mass is 16.5. The van der Waals surface area contributed by atoms with Crippen LogP contribution in [0.2, 0.25) is 0 Å². The summed E-state index contributed by atoms with van der Waals surface area (Å²) in [6, 6.07) is 12.2. The third kappa shape index (κ3) is 4.82. The normalized spacial score (nSPS) is 11.8. The summed E-state index contributed by atoms with van der Waals surface area (Å²) >= 11 is 0. The number of hydrogen-bond donors (Lipinski definition) is 2. The van der Waals surface area contributed by atoms with Gasteiger partial charge in [-0.25, -0.2) is 9.59 Å². The summed E-state index contributed by atoms with van der Waals surface area (Å²) in [4.78, 5) is 36.0. The van der Waals surface area contributed by atoms with Crippen LogP contribution in [0.1, 0.15) is 17.4 Å². The van der Waals surface area contributed by atoms with E-state index in [0.29, 0.717) is 5.56 Å². The van der Waals surface area contributed by atoms with Crippen molar-refractivity contribution >= 4 is 24.0 Å². The van der Waals surface area contributed by atoms with Gasteiger partial charge < -0.3 is 14.5 Å². The topological polar surface area (TPSA) is 121 Å². The van der Waals surface area contributed by atoms with E-state index in [-0.39, 0.29) is 11.3 Å². The van der Waals surface area contributed by atoms with E-state index in [0.717, 1.165) is 0 Å². The summed E-state index contributed by atoms with van der Waals surface area (Å²) < 4.78 is 10.2. The number of esters is 1. The molecular formula is C18H15N3O5. The highest BCUT2D eigenvalue weighted by Crippen LogP contribution is 2.20. The number of nitriles is 1. The number of nitrogens with one attached hydrogen (secondary N) is 2. The predicted octanol–water partition coefficient (Wildman–Crippen LogP) is 1.93. The van der Waals surface area contributed by atoms with Gasteiger partial charge in [-0.1, -0.05) is 30.3 Å². The van der Waals surface area contributed by atoms with Crippen LogP contribution in [0.25, 0.3) is 6.08 Å². The minimum absolute atomic E-state index is 0.282. The van der Waals surface area contributed by atoms with Gasteiger partial charge in [-0.2, -0.15) is 5.26 Å². The number of imide groups is 1. The Labute approximate surface area is 149 Å². The summed E-state index contributed by atoms with van der Waals surface area (Å²) in [6.07, 6.45) is 1.17. The molecule has 0 radical (unpaired) electrons. The molecule has 0 fully saturated rings. The van der Waals surface area contributed by atoms with Crippen LogP contribution >= 0.6 is 0 Å². The van der Waals surface area contributed by atoms with E-state index in [2.05, 4.69) is 5.32 Å². The van der Waals surface area contributed by atoms with Crippen molar-refractivity contribution in [3.63, 3.8) is 0 Å². The number of urea groups is 1. The van der Waals surface area contributed by atoms with Gasteiger partial charge >= 0.3 is 12.0 Å². The molecule has 1 aromatic heterocycles. The van der Waals surface area contributed by atoms with Gasteiger partial charge in [-0.05, 0) is 12.1 Å². The molecule has 3 amide bonds. The smallest absolute Gasteiger partial charge is 0.350 e. The number of rotatable bonds is 5. The number of benzene rings is 1. The molecule has 1 atom stereocenters. The molecule has 2 rings (SSSR count). The van der Waals surface area contributed by atoms with Crippen molar-refractivity contribution in [3.05, 3.63) is 65.6 Å². The molecule has 0 bridgehead atoms. The Kier molecular flexibility index (Phi) is 6.28. The average Bonchev–Trinajstić information content (AvgIpc) is 3.17. The molecular weight excluding hydrogens is 338 g/mol. The maximum Gasteiger partial charge on any atom is 0.350 e. The molecule has 0 spiro atoms. The molecule has 2 N–H and O–H groups in total. The van der Waals surface area contributed by atoms with E-state index in [1.54, 1.807) is 48.5 Å². The fraction of sp³-hybridized carbons (Fsp3) is 0.111. The summed E-state index contributed by atoms with van der Waals surface area (Å²) in [6.45, 7) is 0. The lowest BCUT2D eigenvalue weighted by atomic mass is 10.1. The highest BCUT2D eigenvalue weighted by molar-refractivity contribution is 6.01. The van der Waals surface area contributed by atoms with Crippen LogP contribution in [-0.4, -0.2) is 25.0 Å². The highest BCUT2D eigenvalue weighted by Gasteiger charge is 2.27. The van der Waals surface area contributed by atoms with Crippen molar-refractivity contribution in [2.45, 2.75) is 6.10 Å². The molecule has 0 aliphatic heterocycles. The Morgan fingerprint density at radius 1 is 1.19 bits per heavy atom. The summed E-state index contributed by atoms with van der Waals surface area (Å²) in [7, 11) is 1.34. The minimum atomic E-state index is -1.41. The largest absolute Gasteiger partial charge is 0.465 e. The maximum absolute atomic E-state index is 12.3. The third-order valence-corrected chi connectivity index (χ3v) is 3.20. The average molecular weight is 353 g/mol. The first-order valence-corrected chi connectivity index (χ1v) is 7.49. The van der Waals surface area contributed by atoms with E-state index >= 15 is 0 Å². The number of furan rings is 1. The lowest BCUT2D eigenvalue weighted by Gasteiger charge is -2.17. The first-order valence-electron chi connectivity index (χ1n) is 7.49. The molecule has 0 aliphatic carbocycles. The molecule has 1 heterocycles. The molecule has 8 heteroatoms. The Hall–Kier alpha value is -3.86. The number of carbonyl (C=O) groups excluding carboxylic acids is 3. The fourth-order valence-corrected chi connectivity index (χ4v) is 1.96. The molecule has 8 nitrogen and oxygen atoms in total. The third-order valence-electron chi connectivity index (χ3n) is 3.20. The van der Waals surface area contributed by atoms with Crippen LogP contribution in [0.5, 0.6) is 0 Å². The van der Waals surface area contributed by atoms with Crippen LogP contribution < -0.4 is 10.6 Å². The minimum Gasteiger partial charge on any atom is -0.465 e. The quantitative estimate of drug-likeness (QED) is 0.481. The Morgan fingerprint density at radius 2 is 1.92 bits per heavy atom. The van der Waals surface area contributed by atoms with Gasteiger partial charge in [0.1, 0.15) is 17.4 Å². The van der Waals surface area contributed by atoms with E-state index < -0.39 is 24.0 Å². The zero-order valence-electron chi connectivity index (χ0n) is 13.8. The SMILES string of the molecule is CNC(=O)NC(=O)[C@@H](OC(=O)/C(C#N)=C/c1ccco1)c1ccccc1. The molecule has 0 unspecified atom stereocenters. The second-order valence-corrected chi connectivity index (χ2v) is 4.95. The van der Waals surface area contributed by atoms with Crippen LogP contribution in [0.3, 0.4) is 0 Å². The summed E-state index contributed by atoms with van der Waals surface area (Å²) in [5.41, 5.74) is -0.00818. The Balaban J connectivity index is 2.25. The van der Waals surface area contributed by atoms with E-state index in [9.17, 15) is 19.6 Å². The van der Waals surface area contributed by atoms with Crippen molar-refractivity contribution in [2.24, 2.45) is 0 Å². The second-order valence-electron chi connectivity index (χ2n) is 4.95. The van der Waals surface area contributed by atoms with Crippen LogP contribution in [0.4, 0.5) is 4.79 Å². The van der Waals surface area contributed by atoms with E-state index in [1.807, 2.05) is 5.32 Å². The maximum atomic E-state index is 12.3. The zero-order chi connectivity index (χ0) is 18.9. The molecule has 0 saturated carbocycles. The van der Waals surface area contributed by atoms with Gasteiger partial charge in [0.05, 0.1) is 6.26 Å². The lowest BCUT2D eigenvalue weighted by Crippen LogP contribution is -2.41. The summed E-state index contributed by atoms with van der Waals surface area (Å²) in [5, 5.41) is 13.5. The standard InChI is InChI=1S/C18H15N3O5/c1-20-18(24)21-16(22)15(12-6-3-2-4-7-12)26-17(23)13(11-19)10-14-8-5-9-25-14/h2-10,15H,1H3,(H2,20,21,22,24)/b13-10+/t15-/m0/s1. The Bertz CT molecular complexity index is 851. The van der Waals surface area contributed by atoms with Gasteiger partial charge in [0, 0.05) is 18.7 Å². The number of amides is 3. The van der Waals surface area contributed by atoms with E-state index in [1.165, 1.54) is 19.4 Å².